The Balaban J connectivity index is 2.33. The van der Waals surface area contributed by atoms with Gasteiger partial charge in [0.1, 0.15) is 5.75 Å². The molecular weight excluding hydrogens is 305 g/mol. The van der Waals surface area contributed by atoms with Crippen molar-refractivity contribution in [1.29, 1.82) is 0 Å². The Kier molecular flexibility index (Phi) is 4.23. The molecule has 0 spiro atoms. The van der Waals surface area contributed by atoms with Crippen molar-refractivity contribution in [2.45, 2.75) is 13.3 Å². The van der Waals surface area contributed by atoms with Gasteiger partial charge in [-0.3, -0.25) is 4.79 Å². The molecule has 0 bridgehead atoms. The van der Waals surface area contributed by atoms with E-state index in [2.05, 4.69) is 4.74 Å². The Morgan fingerprint density at radius 3 is 2.48 bits per heavy atom. The van der Waals surface area contributed by atoms with Gasteiger partial charge in [0.05, 0.1) is 0 Å². The predicted molar refractivity (Wildman–Crippen MR) is 72.7 cm³/mol. The molecule has 0 aromatic heterocycles. The standard InChI is InChI=1S/C15H10ClF3O2/c1-9-7-11(16)5-6-13(9)14(20)10-3-2-4-12(8-10)21-15(17,18)19/h2-8H,1H3. The summed E-state index contributed by atoms with van der Waals surface area (Å²) >= 11 is 5.81. The maximum absolute atomic E-state index is 12.3. The SMILES string of the molecule is Cc1cc(Cl)ccc1C(=O)c1cccc(OC(F)(F)F)c1. The lowest BCUT2D eigenvalue weighted by molar-refractivity contribution is -0.274. The van der Waals surface area contributed by atoms with Crippen LogP contribution in [0.5, 0.6) is 5.75 Å². The molecule has 0 unspecified atom stereocenters. The average Bonchev–Trinajstić information content (AvgIpc) is 2.36. The van der Waals surface area contributed by atoms with E-state index in [1.807, 2.05) is 0 Å². The number of rotatable bonds is 3. The molecule has 2 nitrogen and oxygen atoms in total. The molecule has 0 atom stereocenters. The first-order valence-electron chi connectivity index (χ1n) is 5.93. The fourth-order valence-electron chi connectivity index (χ4n) is 1.87. The highest BCUT2D eigenvalue weighted by Crippen LogP contribution is 2.25. The van der Waals surface area contributed by atoms with Gasteiger partial charge in [0, 0.05) is 16.1 Å². The van der Waals surface area contributed by atoms with E-state index >= 15 is 0 Å². The maximum Gasteiger partial charge on any atom is 0.573 e. The van der Waals surface area contributed by atoms with Crippen LogP contribution in [0.1, 0.15) is 21.5 Å². The molecule has 0 amide bonds. The molecule has 0 saturated heterocycles. The number of benzene rings is 2. The third-order valence-corrected chi connectivity index (χ3v) is 3.00. The predicted octanol–water partition coefficient (Wildman–Crippen LogP) is 4.78. The summed E-state index contributed by atoms with van der Waals surface area (Å²) in [5.41, 5.74) is 1.14. The highest BCUT2D eigenvalue weighted by atomic mass is 35.5. The molecule has 21 heavy (non-hydrogen) atoms. The second-order valence-corrected chi connectivity index (χ2v) is 4.80. The van der Waals surface area contributed by atoms with Crippen molar-refractivity contribution in [3.05, 3.63) is 64.2 Å². The normalized spacial score (nSPS) is 11.3. The van der Waals surface area contributed by atoms with Crippen LogP contribution in [-0.2, 0) is 0 Å². The molecule has 0 radical (unpaired) electrons. The monoisotopic (exact) mass is 314 g/mol. The zero-order chi connectivity index (χ0) is 15.6. The van der Waals surface area contributed by atoms with E-state index in [0.29, 0.717) is 16.1 Å². The molecule has 0 aliphatic heterocycles. The maximum atomic E-state index is 12.3. The van der Waals surface area contributed by atoms with Gasteiger partial charge >= 0.3 is 6.36 Å². The van der Waals surface area contributed by atoms with Gasteiger partial charge in [-0.2, -0.15) is 0 Å². The number of alkyl halides is 3. The molecule has 110 valence electrons. The second-order valence-electron chi connectivity index (χ2n) is 4.36. The molecule has 0 saturated carbocycles. The van der Waals surface area contributed by atoms with Crippen LogP contribution < -0.4 is 4.74 Å². The van der Waals surface area contributed by atoms with Crippen LogP contribution in [0.2, 0.25) is 5.02 Å². The van der Waals surface area contributed by atoms with Crippen LogP contribution in [0.4, 0.5) is 13.2 Å². The number of aryl methyl sites for hydroxylation is 1. The van der Waals surface area contributed by atoms with Crippen LogP contribution >= 0.6 is 11.6 Å². The molecule has 0 fully saturated rings. The molecule has 0 N–H and O–H groups in total. The molecule has 6 heteroatoms. The summed E-state index contributed by atoms with van der Waals surface area (Å²) in [6, 6.07) is 9.67. The van der Waals surface area contributed by atoms with Crippen molar-refractivity contribution in [3.63, 3.8) is 0 Å². The fourth-order valence-corrected chi connectivity index (χ4v) is 2.10. The van der Waals surface area contributed by atoms with Crippen molar-refractivity contribution >= 4 is 17.4 Å². The highest BCUT2D eigenvalue weighted by Gasteiger charge is 2.31. The van der Waals surface area contributed by atoms with E-state index in [1.54, 1.807) is 19.1 Å². The number of carbonyl (C=O) groups excluding carboxylic acids is 1. The number of hydrogen-bond donors (Lipinski definition) is 0. The second kappa shape index (κ2) is 5.77. The molecule has 2 aromatic rings. The first kappa shape index (κ1) is 15.4. The highest BCUT2D eigenvalue weighted by molar-refractivity contribution is 6.30. The Hall–Kier alpha value is -2.01. The smallest absolute Gasteiger partial charge is 0.406 e. The van der Waals surface area contributed by atoms with Crippen LogP contribution in [0.3, 0.4) is 0 Å². The number of ketones is 1. The van der Waals surface area contributed by atoms with Gasteiger partial charge in [0.15, 0.2) is 5.78 Å². The Morgan fingerprint density at radius 1 is 1.14 bits per heavy atom. The third-order valence-electron chi connectivity index (χ3n) is 2.76. The molecular formula is C15H10ClF3O2. The van der Waals surface area contributed by atoms with Crippen LogP contribution in [0, 0.1) is 6.92 Å². The fraction of sp³-hybridized carbons (Fsp3) is 0.133. The van der Waals surface area contributed by atoms with Crippen LogP contribution in [-0.4, -0.2) is 12.1 Å². The average molecular weight is 315 g/mol. The lowest BCUT2D eigenvalue weighted by Gasteiger charge is -2.10. The molecule has 0 aliphatic rings. The topological polar surface area (TPSA) is 26.3 Å². The number of halogens is 4. The van der Waals surface area contributed by atoms with Crippen molar-refractivity contribution in [3.8, 4) is 5.75 Å². The van der Waals surface area contributed by atoms with Crippen molar-refractivity contribution in [2.24, 2.45) is 0 Å². The summed E-state index contributed by atoms with van der Waals surface area (Å²) in [6.07, 6.45) is -4.79. The zero-order valence-electron chi connectivity index (χ0n) is 10.9. The summed E-state index contributed by atoms with van der Waals surface area (Å²) in [5.74, 6) is -0.822. The Labute approximate surface area is 124 Å². The number of ether oxygens (including phenoxy) is 1. The van der Waals surface area contributed by atoms with E-state index in [4.69, 9.17) is 11.6 Å². The van der Waals surface area contributed by atoms with Gasteiger partial charge in [-0.1, -0.05) is 23.7 Å². The minimum atomic E-state index is -4.79. The van der Waals surface area contributed by atoms with Gasteiger partial charge in [0.25, 0.3) is 0 Å². The third kappa shape index (κ3) is 3.98. The van der Waals surface area contributed by atoms with E-state index in [9.17, 15) is 18.0 Å². The van der Waals surface area contributed by atoms with Gasteiger partial charge in [-0.15, -0.1) is 13.2 Å². The lowest BCUT2D eigenvalue weighted by Crippen LogP contribution is -2.17. The van der Waals surface area contributed by atoms with E-state index in [0.717, 1.165) is 12.1 Å². The summed E-state index contributed by atoms with van der Waals surface area (Å²) in [7, 11) is 0. The van der Waals surface area contributed by atoms with Gasteiger partial charge in [0.2, 0.25) is 0 Å². The Morgan fingerprint density at radius 2 is 1.86 bits per heavy atom. The lowest BCUT2D eigenvalue weighted by atomic mass is 9.99. The molecule has 0 aliphatic carbocycles. The first-order chi connectivity index (χ1) is 9.76. The summed E-state index contributed by atoms with van der Waals surface area (Å²) in [5, 5.41) is 0.484. The number of hydrogen-bond acceptors (Lipinski definition) is 2. The van der Waals surface area contributed by atoms with Gasteiger partial charge in [-0.05, 0) is 42.8 Å². The summed E-state index contributed by atoms with van der Waals surface area (Å²) in [6.45, 7) is 1.70. The summed E-state index contributed by atoms with van der Waals surface area (Å²) < 4.78 is 40.4. The van der Waals surface area contributed by atoms with E-state index in [1.165, 1.54) is 18.2 Å². The van der Waals surface area contributed by atoms with Crippen LogP contribution in [0.25, 0.3) is 0 Å². The summed E-state index contributed by atoms with van der Waals surface area (Å²) in [4.78, 5) is 12.3. The quantitative estimate of drug-likeness (QED) is 0.762. The van der Waals surface area contributed by atoms with Gasteiger partial charge in [-0.25, -0.2) is 0 Å². The van der Waals surface area contributed by atoms with Gasteiger partial charge < -0.3 is 4.74 Å². The minimum Gasteiger partial charge on any atom is -0.406 e. The molecule has 2 aromatic carbocycles. The van der Waals surface area contributed by atoms with Crippen molar-refractivity contribution in [1.82, 2.24) is 0 Å². The van der Waals surface area contributed by atoms with E-state index < -0.39 is 17.9 Å². The van der Waals surface area contributed by atoms with Crippen molar-refractivity contribution in [2.75, 3.05) is 0 Å². The molecule has 2 rings (SSSR count). The van der Waals surface area contributed by atoms with E-state index in [-0.39, 0.29) is 5.56 Å². The Bertz CT molecular complexity index is 681. The largest absolute Gasteiger partial charge is 0.573 e. The number of carbonyl (C=O) groups is 1. The first-order valence-corrected chi connectivity index (χ1v) is 6.31. The zero-order valence-corrected chi connectivity index (χ0v) is 11.6. The molecule has 0 heterocycles. The van der Waals surface area contributed by atoms with Crippen LogP contribution in [0.15, 0.2) is 42.5 Å². The minimum absolute atomic E-state index is 0.113. The van der Waals surface area contributed by atoms with Crippen molar-refractivity contribution < 1.29 is 22.7 Å².